The number of ketones is 1. The number of Topliss-reactive ketones (excluding diaryl/α,β-unsaturated/α-hetero) is 1. The number of carbonyl (C=O) groups is 1. The summed E-state index contributed by atoms with van der Waals surface area (Å²) in [5, 5.41) is 3.55. The maximum Gasteiger partial charge on any atom is 0.136 e. The van der Waals surface area contributed by atoms with Crippen molar-refractivity contribution in [3.05, 3.63) is 0 Å². The van der Waals surface area contributed by atoms with Gasteiger partial charge in [0.2, 0.25) is 0 Å². The molecule has 2 heteroatoms. The second-order valence-electron chi connectivity index (χ2n) is 6.29. The molecule has 2 aliphatic rings. The molecule has 0 aromatic heterocycles. The molecule has 2 nitrogen and oxygen atoms in total. The predicted molar refractivity (Wildman–Crippen MR) is 75.6 cm³/mol. The molecule has 1 saturated heterocycles. The summed E-state index contributed by atoms with van der Waals surface area (Å²) < 4.78 is 0. The van der Waals surface area contributed by atoms with E-state index in [1.165, 1.54) is 44.9 Å². The summed E-state index contributed by atoms with van der Waals surface area (Å²) in [6.07, 6.45) is 12.0. The Kier molecular flexibility index (Phi) is 5.68. The Bertz CT molecular complexity index is 258. The lowest BCUT2D eigenvalue weighted by Gasteiger charge is -2.28. The van der Waals surface area contributed by atoms with E-state index in [0.717, 1.165) is 31.7 Å². The van der Waals surface area contributed by atoms with Crippen molar-refractivity contribution in [1.29, 1.82) is 0 Å². The molecule has 1 N–H and O–H groups in total. The van der Waals surface area contributed by atoms with E-state index in [2.05, 4.69) is 12.2 Å². The fourth-order valence-corrected chi connectivity index (χ4v) is 3.65. The second-order valence-corrected chi connectivity index (χ2v) is 6.29. The van der Waals surface area contributed by atoms with Crippen LogP contribution in [0.3, 0.4) is 0 Å². The Morgan fingerprint density at radius 3 is 2.78 bits per heavy atom. The molecule has 104 valence electrons. The monoisotopic (exact) mass is 251 g/mol. The third-order valence-electron chi connectivity index (χ3n) is 4.97. The van der Waals surface area contributed by atoms with Crippen molar-refractivity contribution in [2.24, 2.45) is 11.8 Å². The maximum absolute atomic E-state index is 12.3. The van der Waals surface area contributed by atoms with Crippen molar-refractivity contribution in [2.75, 3.05) is 6.54 Å². The van der Waals surface area contributed by atoms with Crippen molar-refractivity contribution in [3.8, 4) is 0 Å². The van der Waals surface area contributed by atoms with Crippen LogP contribution in [0.2, 0.25) is 0 Å². The first-order valence-corrected chi connectivity index (χ1v) is 8.05. The van der Waals surface area contributed by atoms with Gasteiger partial charge in [0.25, 0.3) is 0 Å². The minimum atomic E-state index is 0.396. The molecule has 1 aliphatic heterocycles. The van der Waals surface area contributed by atoms with Crippen molar-refractivity contribution in [3.63, 3.8) is 0 Å². The van der Waals surface area contributed by atoms with E-state index >= 15 is 0 Å². The Balaban J connectivity index is 1.70. The zero-order valence-corrected chi connectivity index (χ0v) is 11.9. The zero-order valence-electron chi connectivity index (χ0n) is 11.9. The first-order valence-electron chi connectivity index (χ1n) is 8.05. The molecule has 0 aromatic rings. The van der Waals surface area contributed by atoms with Gasteiger partial charge in [-0.1, -0.05) is 32.6 Å². The minimum absolute atomic E-state index is 0.396. The quantitative estimate of drug-likeness (QED) is 0.807. The molecule has 1 heterocycles. The van der Waals surface area contributed by atoms with Crippen LogP contribution in [0.4, 0.5) is 0 Å². The predicted octanol–water partition coefficient (Wildman–Crippen LogP) is 3.69. The van der Waals surface area contributed by atoms with Gasteiger partial charge in [0, 0.05) is 18.4 Å². The number of carbonyl (C=O) groups excluding carboxylic acids is 1. The lowest BCUT2D eigenvalue weighted by atomic mass is 9.77. The van der Waals surface area contributed by atoms with E-state index in [1.54, 1.807) is 0 Å². The van der Waals surface area contributed by atoms with Gasteiger partial charge in [-0.15, -0.1) is 0 Å². The van der Waals surface area contributed by atoms with Gasteiger partial charge in [-0.05, 0) is 44.6 Å². The van der Waals surface area contributed by atoms with E-state index in [9.17, 15) is 4.79 Å². The van der Waals surface area contributed by atoms with Gasteiger partial charge in [-0.2, -0.15) is 0 Å². The van der Waals surface area contributed by atoms with E-state index in [0.29, 0.717) is 17.7 Å². The van der Waals surface area contributed by atoms with Crippen molar-refractivity contribution < 1.29 is 4.79 Å². The van der Waals surface area contributed by atoms with Crippen molar-refractivity contribution in [1.82, 2.24) is 5.32 Å². The molecule has 1 aliphatic carbocycles. The molecule has 2 fully saturated rings. The molecule has 0 radical (unpaired) electrons. The fraction of sp³-hybridized carbons (Fsp3) is 0.938. The smallest absolute Gasteiger partial charge is 0.136 e. The van der Waals surface area contributed by atoms with Gasteiger partial charge in [-0.3, -0.25) is 4.79 Å². The number of hydrogen-bond acceptors (Lipinski definition) is 2. The molecular weight excluding hydrogens is 222 g/mol. The van der Waals surface area contributed by atoms with E-state index < -0.39 is 0 Å². The fourth-order valence-electron chi connectivity index (χ4n) is 3.65. The van der Waals surface area contributed by atoms with Crippen LogP contribution in [0.25, 0.3) is 0 Å². The molecule has 0 amide bonds. The molecule has 3 atom stereocenters. The van der Waals surface area contributed by atoms with Crippen molar-refractivity contribution >= 4 is 5.78 Å². The first kappa shape index (κ1) is 14.0. The molecular formula is C16H29NO. The lowest BCUT2D eigenvalue weighted by Crippen LogP contribution is -2.34. The molecule has 0 spiro atoms. The molecule has 2 rings (SSSR count). The summed E-state index contributed by atoms with van der Waals surface area (Å²) in [6.45, 7) is 3.42. The van der Waals surface area contributed by atoms with Crippen LogP contribution >= 0.6 is 0 Å². The average Bonchev–Trinajstić information content (AvgIpc) is 2.46. The molecule has 0 aromatic carbocycles. The normalized spacial score (nSPS) is 33.3. The SMILES string of the molecule is CCC1CCCC(C(=O)CCC2CCCCN2)C1. The summed E-state index contributed by atoms with van der Waals surface area (Å²) in [4.78, 5) is 12.3. The molecule has 1 saturated carbocycles. The van der Waals surface area contributed by atoms with Crippen LogP contribution < -0.4 is 5.32 Å². The average molecular weight is 251 g/mol. The van der Waals surface area contributed by atoms with Crippen LogP contribution in [0.5, 0.6) is 0 Å². The van der Waals surface area contributed by atoms with Gasteiger partial charge in [-0.25, -0.2) is 0 Å². The summed E-state index contributed by atoms with van der Waals surface area (Å²) in [5.74, 6) is 1.77. The number of hydrogen-bond donors (Lipinski definition) is 1. The third kappa shape index (κ3) is 4.08. The van der Waals surface area contributed by atoms with Crippen LogP contribution in [0, 0.1) is 11.8 Å². The largest absolute Gasteiger partial charge is 0.314 e. The van der Waals surface area contributed by atoms with E-state index in [4.69, 9.17) is 0 Å². The van der Waals surface area contributed by atoms with E-state index in [-0.39, 0.29) is 0 Å². The third-order valence-corrected chi connectivity index (χ3v) is 4.97. The summed E-state index contributed by atoms with van der Waals surface area (Å²) in [6, 6.07) is 0.619. The summed E-state index contributed by atoms with van der Waals surface area (Å²) in [5.41, 5.74) is 0. The zero-order chi connectivity index (χ0) is 12.8. The highest BCUT2D eigenvalue weighted by Crippen LogP contribution is 2.32. The van der Waals surface area contributed by atoms with Crippen LogP contribution in [-0.2, 0) is 4.79 Å². The maximum atomic E-state index is 12.3. The number of piperidine rings is 1. The van der Waals surface area contributed by atoms with Gasteiger partial charge in [0.05, 0.1) is 0 Å². The van der Waals surface area contributed by atoms with Crippen LogP contribution in [0.15, 0.2) is 0 Å². The van der Waals surface area contributed by atoms with Crippen LogP contribution in [0.1, 0.15) is 71.1 Å². The minimum Gasteiger partial charge on any atom is -0.314 e. The van der Waals surface area contributed by atoms with Gasteiger partial charge >= 0.3 is 0 Å². The molecule has 0 bridgehead atoms. The molecule has 18 heavy (non-hydrogen) atoms. The Labute approximate surface area is 112 Å². The highest BCUT2D eigenvalue weighted by Gasteiger charge is 2.26. The van der Waals surface area contributed by atoms with E-state index in [1.807, 2.05) is 0 Å². The van der Waals surface area contributed by atoms with Crippen molar-refractivity contribution in [2.45, 2.75) is 77.2 Å². The summed E-state index contributed by atoms with van der Waals surface area (Å²) >= 11 is 0. The molecule has 3 unspecified atom stereocenters. The Hall–Kier alpha value is -0.370. The lowest BCUT2D eigenvalue weighted by molar-refractivity contribution is -0.124. The van der Waals surface area contributed by atoms with Crippen LogP contribution in [-0.4, -0.2) is 18.4 Å². The van der Waals surface area contributed by atoms with Gasteiger partial charge in [0.15, 0.2) is 0 Å². The topological polar surface area (TPSA) is 29.1 Å². The first-order chi connectivity index (χ1) is 8.79. The van der Waals surface area contributed by atoms with Gasteiger partial charge in [0.1, 0.15) is 5.78 Å². The Morgan fingerprint density at radius 2 is 2.06 bits per heavy atom. The second kappa shape index (κ2) is 7.28. The Morgan fingerprint density at radius 1 is 1.17 bits per heavy atom. The number of rotatable bonds is 5. The standard InChI is InChI=1S/C16H29NO/c1-2-13-6-5-7-14(12-13)16(18)10-9-15-8-3-4-11-17-15/h13-15,17H,2-12H2,1H3. The highest BCUT2D eigenvalue weighted by molar-refractivity contribution is 5.81. The number of nitrogens with one attached hydrogen (secondary N) is 1. The van der Waals surface area contributed by atoms with Gasteiger partial charge < -0.3 is 5.32 Å². The highest BCUT2D eigenvalue weighted by atomic mass is 16.1. The summed E-state index contributed by atoms with van der Waals surface area (Å²) in [7, 11) is 0.